The van der Waals surface area contributed by atoms with E-state index < -0.39 is 5.60 Å². The lowest BCUT2D eigenvalue weighted by Crippen LogP contribution is -2.52. The van der Waals surface area contributed by atoms with Gasteiger partial charge < -0.3 is 5.11 Å². The van der Waals surface area contributed by atoms with Crippen LogP contribution in [0.25, 0.3) is 0 Å². The van der Waals surface area contributed by atoms with Gasteiger partial charge in [-0.1, -0.05) is 67.0 Å². The first-order chi connectivity index (χ1) is 7.06. The van der Waals surface area contributed by atoms with Gasteiger partial charge in [-0.2, -0.15) is 0 Å². The van der Waals surface area contributed by atoms with Crippen LogP contribution >= 0.6 is 0 Å². The lowest BCUT2D eigenvalue weighted by molar-refractivity contribution is -0.134. The number of allylic oxidation sites excluding steroid dienone is 1. The van der Waals surface area contributed by atoms with Crippen molar-refractivity contribution in [1.82, 2.24) is 0 Å². The number of hydrogen-bond acceptors (Lipinski definition) is 1. The summed E-state index contributed by atoms with van der Waals surface area (Å²) in [5.41, 5.74) is -0.881. The number of rotatable bonds is 4. The van der Waals surface area contributed by atoms with Crippen molar-refractivity contribution in [1.29, 1.82) is 0 Å². The average molecular weight is 226 g/mol. The minimum atomic E-state index is -0.662. The van der Waals surface area contributed by atoms with Crippen LogP contribution in [0, 0.1) is 10.8 Å². The number of unbranched alkanes of at least 4 members (excludes halogenated alkanes) is 1. The largest absolute Gasteiger partial charge is 0.388 e. The summed E-state index contributed by atoms with van der Waals surface area (Å²) >= 11 is 0. The molecule has 0 bridgehead atoms. The first kappa shape index (κ1) is 15.7. The fraction of sp³-hybridized carbons (Fsp3) is 0.867. The summed E-state index contributed by atoms with van der Waals surface area (Å²) < 4.78 is 0. The van der Waals surface area contributed by atoms with E-state index in [0.717, 1.165) is 12.8 Å². The van der Waals surface area contributed by atoms with Gasteiger partial charge in [-0.05, 0) is 23.7 Å². The van der Waals surface area contributed by atoms with Crippen LogP contribution in [0.1, 0.15) is 67.7 Å². The fourth-order valence-electron chi connectivity index (χ4n) is 2.28. The van der Waals surface area contributed by atoms with Crippen LogP contribution in [0.15, 0.2) is 12.2 Å². The van der Waals surface area contributed by atoms with Crippen molar-refractivity contribution < 1.29 is 5.11 Å². The zero-order chi connectivity index (χ0) is 13.0. The second kappa shape index (κ2) is 5.35. The molecule has 96 valence electrons. The Kier molecular flexibility index (Phi) is 5.25. The molecule has 0 saturated carbocycles. The van der Waals surface area contributed by atoms with Gasteiger partial charge >= 0.3 is 0 Å². The van der Waals surface area contributed by atoms with Gasteiger partial charge in [0.2, 0.25) is 0 Å². The second-order valence-corrected chi connectivity index (χ2v) is 6.82. The van der Waals surface area contributed by atoms with E-state index in [4.69, 9.17) is 0 Å². The number of aliphatic hydroxyl groups is 1. The zero-order valence-electron chi connectivity index (χ0n) is 12.2. The van der Waals surface area contributed by atoms with E-state index in [1.54, 1.807) is 0 Å². The standard InChI is InChI=1S/C15H30O/c1-8-9-10-11-12-15(16,13(2,3)4)14(5,6)7/h10-11,16H,8-9,12H2,1-7H3/b11-10-. The molecular weight excluding hydrogens is 196 g/mol. The van der Waals surface area contributed by atoms with Gasteiger partial charge in [0, 0.05) is 0 Å². The molecule has 0 aromatic heterocycles. The summed E-state index contributed by atoms with van der Waals surface area (Å²) in [5.74, 6) is 0. The van der Waals surface area contributed by atoms with Gasteiger partial charge in [-0.3, -0.25) is 0 Å². The van der Waals surface area contributed by atoms with Crippen LogP contribution in [-0.4, -0.2) is 10.7 Å². The Morgan fingerprint density at radius 1 is 0.875 bits per heavy atom. The van der Waals surface area contributed by atoms with E-state index >= 15 is 0 Å². The molecule has 0 radical (unpaired) electrons. The maximum atomic E-state index is 10.9. The molecule has 0 heterocycles. The van der Waals surface area contributed by atoms with E-state index in [2.05, 4.69) is 60.6 Å². The Morgan fingerprint density at radius 3 is 1.62 bits per heavy atom. The predicted octanol–water partition coefficient (Wildman–Crippen LogP) is 4.56. The van der Waals surface area contributed by atoms with Crippen molar-refractivity contribution >= 4 is 0 Å². The Bertz CT molecular complexity index is 211. The molecule has 0 aliphatic carbocycles. The highest BCUT2D eigenvalue weighted by molar-refractivity contribution is 5.04. The predicted molar refractivity (Wildman–Crippen MR) is 72.5 cm³/mol. The molecule has 0 spiro atoms. The summed E-state index contributed by atoms with van der Waals surface area (Å²) in [6, 6.07) is 0. The molecule has 0 aliphatic heterocycles. The van der Waals surface area contributed by atoms with Crippen molar-refractivity contribution in [3.8, 4) is 0 Å². The maximum Gasteiger partial charge on any atom is 0.0777 e. The van der Waals surface area contributed by atoms with E-state index in [-0.39, 0.29) is 10.8 Å². The molecular formula is C15H30O. The summed E-state index contributed by atoms with van der Waals surface area (Å²) in [7, 11) is 0. The van der Waals surface area contributed by atoms with Crippen LogP contribution in [0.5, 0.6) is 0 Å². The van der Waals surface area contributed by atoms with Crippen molar-refractivity contribution in [2.24, 2.45) is 10.8 Å². The van der Waals surface area contributed by atoms with Crippen molar-refractivity contribution in [3.05, 3.63) is 12.2 Å². The maximum absolute atomic E-state index is 10.9. The van der Waals surface area contributed by atoms with Crippen LogP contribution in [0.2, 0.25) is 0 Å². The molecule has 0 aromatic carbocycles. The molecule has 1 nitrogen and oxygen atoms in total. The Hall–Kier alpha value is -0.300. The first-order valence-corrected chi connectivity index (χ1v) is 6.43. The average Bonchev–Trinajstić information content (AvgIpc) is 2.08. The molecule has 0 atom stereocenters. The molecule has 0 aliphatic rings. The van der Waals surface area contributed by atoms with Crippen LogP contribution < -0.4 is 0 Å². The summed E-state index contributed by atoms with van der Waals surface area (Å²) in [5, 5.41) is 10.9. The van der Waals surface area contributed by atoms with Gasteiger partial charge in [-0.25, -0.2) is 0 Å². The molecule has 0 aromatic rings. The van der Waals surface area contributed by atoms with Gasteiger partial charge in [0.25, 0.3) is 0 Å². The molecule has 0 saturated heterocycles. The summed E-state index contributed by atoms with van der Waals surface area (Å²) in [4.78, 5) is 0. The molecule has 0 rings (SSSR count). The Balaban J connectivity index is 4.85. The van der Waals surface area contributed by atoms with E-state index in [0.29, 0.717) is 0 Å². The fourth-order valence-corrected chi connectivity index (χ4v) is 2.28. The molecule has 1 N–H and O–H groups in total. The highest BCUT2D eigenvalue weighted by Gasteiger charge is 2.47. The minimum Gasteiger partial charge on any atom is -0.388 e. The highest BCUT2D eigenvalue weighted by Crippen LogP contribution is 2.46. The van der Waals surface area contributed by atoms with Gasteiger partial charge in [-0.15, -0.1) is 0 Å². The summed E-state index contributed by atoms with van der Waals surface area (Å²) in [6.45, 7) is 14.9. The van der Waals surface area contributed by atoms with Gasteiger partial charge in [0.15, 0.2) is 0 Å². The third-order valence-electron chi connectivity index (χ3n) is 3.52. The zero-order valence-corrected chi connectivity index (χ0v) is 12.2. The third-order valence-corrected chi connectivity index (χ3v) is 3.52. The van der Waals surface area contributed by atoms with Gasteiger partial charge in [0.05, 0.1) is 5.60 Å². The van der Waals surface area contributed by atoms with Gasteiger partial charge in [0.1, 0.15) is 0 Å². The van der Waals surface area contributed by atoms with E-state index in [1.165, 1.54) is 6.42 Å². The van der Waals surface area contributed by atoms with Crippen molar-refractivity contribution in [2.45, 2.75) is 73.3 Å². The lowest BCUT2D eigenvalue weighted by Gasteiger charge is -2.49. The Morgan fingerprint density at radius 2 is 1.31 bits per heavy atom. The number of hydrogen-bond donors (Lipinski definition) is 1. The van der Waals surface area contributed by atoms with Crippen LogP contribution in [0.3, 0.4) is 0 Å². The molecule has 1 heteroatoms. The smallest absolute Gasteiger partial charge is 0.0777 e. The summed E-state index contributed by atoms with van der Waals surface area (Å²) in [6.07, 6.45) is 7.33. The SMILES string of the molecule is CCC/C=C\CC(O)(C(C)(C)C)C(C)(C)C. The van der Waals surface area contributed by atoms with Crippen molar-refractivity contribution in [3.63, 3.8) is 0 Å². The second-order valence-electron chi connectivity index (χ2n) is 6.82. The monoisotopic (exact) mass is 226 g/mol. The van der Waals surface area contributed by atoms with Crippen LogP contribution in [-0.2, 0) is 0 Å². The highest BCUT2D eigenvalue weighted by atomic mass is 16.3. The third kappa shape index (κ3) is 3.62. The Labute approximate surface area is 102 Å². The van der Waals surface area contributed by atoms with E-state index in [1.807, 2.05) is 0 Å². The first-order valence-electron chi connectivity index (χ1n) is 6.43. The van der Waals surface area contributed by atoms with Crippen molar-refractivity contribution in [2.75, 3.05) is 0 Å². The minimum absolute atomic E-state index is 0.109. The van der Waals surface area contributed by atoms with E-state index in [9.17, 15) is 5.11 Å². The van der Waals surface area contributed by atoms with Crippen LogP contribution in [0.4, 0.5) is 0 Å². The topological polar surface area (TPSA) is 20.2 Å². The molecule has 0 amide bonds. The molecule has 16 heavy (non-hydrogen) atoms. The lowest BCUT2D eigenvalue weighted by atomic mass is 9.61. The quantitative estimate of drug-likeness (QED) is 0.697. The normalized spacial score (nSPS) is 14.8. The molecule has 0 fully saturated rings. The molecule has 0 unspecified atom stereocenters.